The Balaban J connectivity index is 0. The molecule has 0 bridgehead atoms. The van der Waals surface area contributed by atoms with Gasteiger partial charge in [-0.15, -0.1) is 0 Å². The molecule has 0 spiro atoms. The highest BCUT2D eigenvalue weighted by atomic mass is 16.4. The maximum atomic E-state index is 9.60. The molecule has 4 N–H and O–H groups in total. The number of hydrogen-bond acceptors (Lipinski definition) is 4. The molecule has 0 aromatic rings. The molecule has 0 fully saturated rings. The van der Waals surface area contributed by atoms with E-state index in [1.807, 2.05) is 13.8 Å². The van der Waals surface area contributed by atoms with Crippen LogP contribution >= 0.6 is 0 Å². The minimum absolute atomic E-state index is 0.152. The van der Waals surface area contributed by atoms with E-state index in [2.05, 4.69) is 6.58 Å². The highest BCUT2D eigenvalue weighted by molar-refractivity contribution is 5.84. The summed E-state index contributed by atoms with van der Waals surface area (Å²) in [5.74, 6) is -0.780. The molecule has 18 heavy (non-hydrogen) atoms. The fraction of sp³-hybridized carbons (Fsp3) is 0.769. The first-order chi connectivity index (χ1) is 8.31. The summed E-state index contributed by atoms with van der Waals surface area (Å²) >= 11 is 0. The van der Waals surface area contributed by atoms with Gasteiger partial charge >= 0.3 is 5.97 Å². The number of carbonyl (C=O) groups is 1. The molecule has 0 aliphatic heterocycles. The lowest BCUT2D eigenvalue weighted by Gasteiger charge is -2.33. The molecule has 0 heterocycles. The topological polar surface area (TPSA) is 98.0 Å². The summed E-state index contributed by atoms with van der Waals surface area (Å²) in [6, 6.07) is 0. The van der Waals surface area contributed by atoms with Gasteiger partial charge in [-0.05, 0) is 12.8 Å². The number of carboxylic acid groups (broad SMARTS) is 1. The van der Waals surface area contributed by atoms with Gasteiger partial charge in [0.05, 0.1) is 19.8 Å². The first kappa shape index (κ1) is 19.4. The van der Waals surface area contributed by atoms with Crippen LogP contribution < -0.4 is 0 Å². The zero-order valence-electron chi connectivity index (χ0n) is 11.5. The van der Waals surface area contributed by atoms with Crippen LogP contribution in [0.3, 0.4) is 0 Å². The van der Waals surface area contributed by atoms with E-state index in [-0.39, 0.29) is 31.3 Å². The quantitative estimate of drug-likeness (QED) is 0.514. The second kappa shape index (κ2) is 10.1. The minimum Gasteiger partial charge on any atom is -0.478 e. The lowest BCUT2D eigenvalue weighted by atomic mass is 9.76. The zero-order chi connectivity index (χ0) is 14.8. The van der Waals surface area contributed by atoms with Crippen LogP contribution in [0.4, 0.5) is 0 Å². The summed E-state index contributed by atoms with van der Waals surface area (Å²) in [5.41, 5.74) is -0.522. The molecule has 0 amide bonds. The van der Waals surface area contributed by atoms with Crippen molar-refractivity contribution >= 4 is 5.97 Å². The molecule has 0 rings (SSSR count). The van der Waals surface area contributed by atoms with E-state index in [4.69, 9.17) is 20.4 Å². The van der Waals surface area contributed by atoms with Crippen molar-refractivity contribution in [1.29, 1.82) is 0 Å². The monoisotopic (exact) mass is 262 g/mol. The fourth-order valence-corrected chi connectivity index (χ4v) is 1.36. The Labute approximate surface area is 109 Å². The smallest absolute Gasteiger partial charge is 0.330 e. The molecule has 0 saturated carbocycles. The third kappa shape index (κ3) is 6.74. The van der Waals surface area contributed by atoms with Crippen molar-refractivity contribution in [2.45, 2.75) is 33.6 Å². The second-order valence-corrected chi connectivity index (χ2v) is 4.61. The summed E-state index contributed by atoms with van der Waals surface area (Å²) in [6.07, 6.45) is 1.92. The summed E-state index contributed by atoms with van der Waals surface area (Å²) in [5, 5.41) is 35.1. The van der Waals surface area contributed by atoms with Crippen LogP contribution in [0.5, 0.6) is 0 Å². The maximum absolute atomic E-state index is 9.60. The Morgan fingerprint density at radius 1 is 1.22 bits per heavy atom. The van der Waals surface area contributed by atoms with Crippen molar-refractivity contribution in [2.75, 3.05) is 19.8 Å². The fourth-order valence-electron chi connectivity index (χ4n) is 1.36. The first-order valence-electron chi connectivity index (χ1n) is 6.02. The van der Waals surface area contributed by atoms with Gasteiger partial charge in [0.25, 0.3) is 0 Å². The lowest BCUT2D eigenvalue weighted by molar-refractivity contribution is -0.132. The predicted molar refractivity (Wildman–Crippen MR) is 70.2 cm³/mol. The van der Waals surface area contributed by atoms with Crippen molar-refractivity contribution in [2.24, 2.45) is 11.3 Å². The molecule has 108 valence electrons. The van der Waals surface area contributed by atoms with Gasteiger partial charge in [-0.1, -0.05) is 33.3 Å². The van der Waals surface area contributed by atoms with Gasteiger partial charge in [0.2, 0.25) is 0 Å². The molecule has 0 saturated heterocycles. The van der Waals surface area contributed by atoms with Gasteiger partial charge in [-0.25, -0.2) is 4.79 Å². The predicted octanol–water partition coefficient (Wildman–Crippen LogP) is 1.03. The number of aliphatic hydroxyl groups excluding tert-OH is 3. The summed E-state index contributed by atoms with van der Waals surface area (Å²) in [4.78, 5) is 9.60. The standard InChI is InChI=1S/C9H20O3.C4H6O2/c1-3-4-8(2)9(5-10,6-11)7-12;1-3(2)4(5)6/h8,10-12H,3-7H2,1-2H3;1H2,2H3,(H,5,6). The van der Waals surface area contributed by atoms with Crippen molar-refractivity contribution in [1.82, 2.24) is 0 Å². The Hall–Kier alpha value is -0.910. The van der Waals surface area contributed by atoms with Crippen LogP contribution in [0.1, 0.15) is 33.6 Å². The minimum atomic E-state index is -0.935. The average molecular weight is 262 g/mol. The number of aliphatic carboxylic acids is 1. The molecule has 0 aromatic carbocycles. The molecular formula is C13H26O5. The first-order valence-corrected chi connectivity index (χ1v) is 6.02. The van der Waals surface area contributed by atoms with E-state index in [0.717, 1.165) is 12.8 Å². The molecular weight excluding hydrogens is 236 g/mol. The summed E-state index contributed by atoms with van der Waals surface area (Å²) in [7, 11) is 0. The highest BCUT2D eigenvalue weighted by Gasteiger charge is 2.33. The van der Waals surface area contributed by atoms with Crippen LogP contribution in [0.25, 0.3) is 0 Å². The van der Waals surface area contributed by atoms with Gasteiger partial charge in [0.15, 0.2) is 0 Å². The molecule has 0 aromatic heterocycles. The third-order valence-electron chi connectivity index (χ3n) is 3.08. The largest absolute Gasteiger partial charge is 0.478 e. The van der Waals surface area contributed by atoms with Crippen LogP contribution in [-0.4, -0.2) is 46.2 Å². The Kier molecular flexibility index (Phi) is 10.9. The second-order valence-electron chi connectivity index (χ2n) is 4.61. The Morgan fingerprint density at radius 2 is 1.56 bits per heavy atom. The highest BCUT2D eigenvalue weighted by Crippen LogP contribution is 2.29. The number of aliphatic hydroxyl groups is 3. The molecule has 5 nitrogen and oxygen atoms in total. The number of hydrogen-bond donors (Lipinski definition) is 4. The molecule has 1 unspecified atom stereocenters. The van der Waals surface area contributed by atoms with E-state index in [9.17, 15) is 4.79 Å². The van der Waals surface area contributed by atoms with Gasteiger partial charge in [-0.2, -0.15) is 0 Å². The lowest BCUT2D eigenvalue weighted by Crippen LogP contribution is -2.40. The van der Waals surface area contributed by atoms with Crippen LogP contribution in [0.15, 0.2) is 12.2 Å². The van der Waals surface area contributed by atoms with Gasteiger partial charge in [0, 0.05) is 11.0 Å². The molecule has 0 aliphatic carbocycles. The van der Waals surface area contributed by atoms with Crippen molar-refractivity contribution in [3.8, 4) is 0 Å². The van der Waals surface area contributed by atoms with Gasteiger partial charge in [0.1, 0.15) is 0 Å². The molecule has 0 radical (unpaired) electrons. The molecule has 1 atom stereocenters. The maximum Gasteiger partial charge on any atom is 0.330 e. The van der Waals surface area contributed by atoms with E-state index >= 15 is 0 Å². The SMILES string of the molecule is C=C(C)C(=O)O.CCCC(C)C(CO)(CO)CO. The summed E-state index contributed by atoms with van der Waals surface area (Å²) in [6.45, 7) is 8.15. The van der Waals surface area contributed by atoms with Gasteiger partial charge < -0.3 is 20.4 Å². The number of rotatable bonds is 7. The van der Waals surface area contributed by atoms with Crippen LogP contribution in [-0.2, 0) is 4.79 Å². The van der Waals surface area contributed by atoms with E-state index in [1.165, 1.54) is 6.92 Å². The van der Waals surface area contributed by atoms with Crippen molar-refractivity contribution in [3.63, 3.8) is 0 Å². The van der Waals surface area contributed by atoms with E-state index in [1.54, 1.807) is 0 Å². The zero-order valence-corrected chi connectivity index (χ0v) is 11.5. The van der Waals surface area contributed by atoms with E-state index in [0.29, 0.717) is 0 Å². The Bertz CT molecular complexity index is 226. The van der Waals surface area contributed by atoms with Gasteiger partial charge in [-0.3, -0.25) is 0 Å². The summed E-state index contributed by atoms with van der Waals surface area (Å²) < 4.78 is 0. The van der Waals surface area contributed by atoms with E-state index < -0.39 is 11.4 Å². The molecule has 0 aliphatic rings. The normalized spacial score (nSPS) is 12.3. The Morgan fingerprint density at radius 3 is 1.72 bits per heavy atom. The van der Waals surface area contributed by atoms with Crippen LogP contribution in [0.2, 0.25) is 0 Å². The average Bonchev–Trinajstić information content (AvgIpc) is 2.33. The number of carboxylic acids is 1. The van der Waals surface area contributed by atoms with Crippen molar-refractivity contribution < 1.29 is 25.2 Å². The van der Waals surface area contributed by atoms with Crippen LogP contribution in [0, 0.1) is 11.3 Å². The van der Waals surface area contributed by atoms with Crippen molar-refractivity contribution in [3.05, 3.63) is 12.2 Å². The third-order valence-corrected chi connectivity index (χ3v) is 3.08. The molecule has 5 heteroatoms.